The van der Waals surface area contributed by atoms with Crippen LogP contribution in [-0.4, -0.2) is 63.3 Å². The van der Waals surface area contributed by atoms with E-state index in [0.29, 0.717) is 12.1 Å². The van der Waals surface area contributed by atoms with Crippen molar-refractivity contribution >= 4 is 17.8 Å². The molecule has 2 rings (SSSR count). The van der Waals surface area contributed by atoms with E-state index in [1.54, 1.807) is 26.0 Å². The number of hydrogen-bond donors (Lipinski definition) is 3. The number of carbonyl (C=O) groups excluding carboxylic acids is 3. The zero-order valence-electron chi connectivity index (χ0n) is 15.9. The van der Waals surface area contributed by atoms with Crippen molar-refractivity contribution in [2.75, 3.05) is 39.5 Å². The molecule has 0 radical (unpaired) electrons. The standard InChI is InChI=1S/C19H27N3O5/c1-3-20-18(24)14(2)21-17(23)13-27-19(25)16-6-4-15(5-7-16)12-22-8-10-26-11-9-22/h4-7,14H,3,8-13H2,1-2H3,(H,20,24)(H,21,23)/p+1/t14-/m1/s1. The zero-order chi connectivity index (χ0) is 19.6. The van der Waals surface area contributed by atoms with Crippen molar-refractivity contribution in [1.29, 1.82) is 0 Å². The van der Waals surface area contributed by atoms with E-state index in [-0.39, 0.29) is 5.91 Å². The second kappa shape index (κ2) is 10.6. The molecule has 0 bridgehead atoms. The fourth-order valence-electron chi connectivity index (χ4n) is 2.77. The first kappa shape index (κ1) is 20.9. The quantitative estimate of drug-likeness (QED) is 0.499. The number of rotatable bonds is 8. The van der Waals surface area contributed by atoms with Gasteiger partial charge in [0.05, 0.1) is 18.8 Å². The normalized spacial score (nSPS) is 15.6. The van der Waals surface area contributed by atoms with E-state index in [0.717, 1.165) is 38.4 Å². The lowest BCUT2D eigenvalue weighted by Crippen LogP contribution is -3.12. The maximum absolute atomic E-state index is 12.1. The van der Waals surface area contributed by atoms with Crippen molar-refractivity contribution in [1.82, 2.24) is 10.6 Å². The van der Waals surface area contributed by atoms with Crippen molar-refractivity contribution in [3.8, 4) is 0 Å². The maximum Gasteiger partial charge on any atom is 0.338 e. The summed E-state index contributed by atoms with van der Waals surface area (Å²) in [7, 11) is 0. The third-order valence-corrected chi connectivity index (χ3v) is 4.30. The Morgan fingerprint density at radius 3 is 2.48 bits per heavy atom. The number of quaternary nitrogens is 1. The third kappa shape index (κ3) is 6.99. The molecule has 0 spiro atoms. The molecule has 8 heteroatoms. The number of morpholine rings is 1. The molecule has 1 saturated heterocycles. The second-order valence-electron chi connectivity index (χ2n) is 6.50. The van der Waals surface area contributed by atoms with Crippen LogP contribution in [0.5, 0.6) is 0 Å². The SMILES string of the molecule is CCNC(=O)[C@@H](C)NC(=O)COC(=O)c1ccc(C[NH+]2CCOCC2)cc1. The highest BCUT2D eigenvalue weighted by Crippen LogP contribution is 2.05. The van der Waals surface area contributed by atoms with Gasteiger partial charge in [-0.25, -0.2) is 4.79 Å². The predicted molar refractivity (Wildman–Crippen MR) is 98.2 cm³/mol. The third-order valence-electron chi connectivity index (χ3n) is 4.30. The Morgan fingerprint density at radius 1 is 1.19 bits per heavy atom. The average Bonchev–Trinajstić information content (AvgIpc) is 2.67. The molecule has 0 aliphatic carbocycles. The van der Waals surface area contributed by atoms with Gasteiger partial charge in [-0.05, 0) is 26.0 Å². The van der Waals surface area contributed by atoms with Gasteiger partial charge in [0.1, 0.15) is 25.7 Å². The molecule has 1 aliphatic rings. The molecule has 3 N–H and O–H groups in total. The zero-order valence-corrected chi connectivity index (χ0v) is 15.9. The van der Waals surface area contributed by atoms with Crippen LogP contribution in [0.1, 0.15) is 29.8 Å². The number of hydrogen-bond acceptors (Lipinski definition) is 5. The van der Waals surface area contributed by atoms with Gasteiger partial charge in [0.2, 0.25) is 5.91 Å². The van der Waals surface area contributed by atoms with Crippen molar-refractivity contribution in [3.63, 3.8) is 0 Å². The van der Waals surface area contributed by atoms with Crippen LogP contribution in [0, 0.1) is 0 Å². The summed E-state index contributed by atoms with van der Waals surface area (Å²) in [5.74, 6) is -1.37. The van der Waals surface area contributed by atoms with Gasteiger partial charge in [0.15, 0.2) is 6.61 Å². The van der Waals surface area contributed by atoms with Crippen LogP contribution >= 0.6 is 0 Å². The molecule has 2 amide bonds. The summed E-state index contributed by atoms with van der Waals surface area (Å²) in [6.45, 7) is 7.82. The van der Waals surface area contributed by atoms with Crippen molar-refractivity contribution in [2.24, 2.45) is 0 Å². The lowest BCUT2D eigenvalue weighted by molar-refractivity contribution is -0.921. The minimum absolute atomic E-state index is 0.282. The minimum Gasteiger partial charge on any atom is -0.452 e. The number of benzene rings is 1. The maximum atomic E-state index is 12.1. The van der Waals surface area contributed by atoms with E-state index in [9.17, 15) is 14.4 Å². The summed E-state index contributed by atoms with van der Waals surface area (Å²) in [5, 5.41) is 5.09. The molecular formula is C19H28N3O5+. The lowest BCUT2D eigenvalue weighted by Gasteiger charge is -2.23. The van der Waals surface area contributed by atoms with Gasteiger partial charge >= 0.3 is 5.97 Å². The highest BCUT2D eigenvalue weighted by Gasteiger charge is 2.17. The Labute approximate surface area is 159 Å². The summed E-state index contributed by atoms with van der Waals surface area (Å²) < 4.78 is 10.4. The van der Waals surface area contributed by atoms with Gasteiger partial charge in [-0.1, -0.05) is 12.1 Å². The summed E-state index contributed by atoms with van der Waals surface area (Å²) in [5.41, 5.74) is 1.53. The van der Waals surface area contributed by atoms with Crippen molar-refractivity contribution < 1.29 is 28.8 Å². The number of carbonyl (C=O) groups is 3. The van der Waals surface area contributed by atoms with E-state index in [4.69, 9.17) is 9.47 Å². The fraction of sp³-hybridized carbons (Fsp3) is 0.526. The number of ether oxygens (including phenoxy) is 2. The van der Waals surface area contributed by atoms with Gasteiger partial charge in [-0.15, -0.1) is 0 Å². The lowest BCUT2D eigenvalue weighted by atomic mass is 10.1. The van der Waals surface area contributed by atoms with E-state index in [1.165, 1.54) is 4.90 Å². The van der Waals surface area contributed by atoms with E-state index in [1.807, 2.05) is 12.1 Å². The highest BCUT2D eigenvalue weighted by atomic mass is 16.5. The number of amides is 2. The molecular weight excluding hydrogens is 350 g/mol. The van der Waals surface area contributed by atoms with Crippen LogP contribution in [0.2, 0.25) is 0 Å². The molecule has 1 heterocycles. The molecule has 1 fully saturated rings. The Kier molecular flexibility index (Phi) is 8.22. The van der Waals surface area contributed by atoms with Gasteiger partial charge < -0.3 is 25.0 Å². The van der Waals surface area contributed by atoms with E-state index >= 15 is 0 Å². The van der Waals surface area contributed by atoms with Crippen molar-refractivity contribution in [3.05, 3.63) is 35.4 Å². The predicted octanol–water partition coefficient (Wildman–Crippen LogP) is -1.10. The first-order valence-electron chi connectivity index (χ1n) is 9.24. The number of esters is 1. The smallest absolute Gasteiger partial charge is 0.338 e. The van der Waals surface area contributed by atoms with Gasteiger partial charge in [-0.3, -0.25) is 9.59 Å². The molecule has 1 aromatic carbocycles. The van der Waals surface area contributed by atoms with Crippen LogP contribution in [0.25, 0.3) is 0 Å². The van der Waals surface area contributed by atoms with Crippen LogP contribution in [0.15, 0.2) is 24.3 Å². The van der Waals surface area contributed by atoms with Gasteiger partial charge in [-0.2, -0.15) is 0 Å². The van der Waals surface area contributed by atoms with E-state index < -0.39 is 24.5 Å². The first-order chi connectivity index (χ1) is 13.0. The van der Waals surface area contributed by atoms with Crippen LogP contribution < -0.4 is 15.5 Å². The molecule has 1 atom stereocenters. The van der Waals surface area contributed by atoms with Gasteiger partial charge in [0, 0.05) is 12.1 Å². The second-order valence-corrected chi connectivity index (χ2v) is 6.50. The molecule has 0 saturated carbocycles. The topological polar surface area (TPSA) is 98.2 Å². The van der Waals surface area contributed by atoms with Gasteiger partial charge in [0.25, 0.3) is 5.91 Å². The van der Waals surface area contributed by atoms with Crippen LogP contribution in [0.3, 0.4) is 0 Å². The Balaban J connectivity index is 1.76. The molecule has 148 valence electrons. The summed E-state index contributed by atoms with van der Waals surface area (Å²) in [4.78, 5) is 36.9. The molecule has 1 aromatic rings. The van der Waals surface area contributed by atoms with Crippen LogP contribution in [-0.2, 0) is 25.6 Å². The Bertz CT molecular complexity index is 641. The Morgan fingerprint density at radius 2 is 1.85 bits per heavy atom. The minimum atomic E-state index is -0.682. The number of likely N-dealkylation sites (N-methyl/N-ethyl adjacent to an activating group) is 1. The Hall–Kier alpha value is -2.45. The fourth-order valence-corrected chi connectivity index (χ4v) is 2.77. The van der Waals surface area contributed by atoms with E-state index in [2.05, 4.69) is 10.6 Å². The molecule has 8 nitrogen and oxygen atoms in total. The first-order valence-corrected chi connectivity index (χ1v) is 9.24. The van der Waals surface area contributed by atoms with Crippen LogP contribution in [0.4, 0.5) is 0 Å². The largest absolute Gasteiger partial charge is 0.452 e. The number of nitrogens with one attached hydrogen (secondary N) is 3. The molecule has 0 aromatic heterocycles. The molecule has 1 aliphatic heterocycles. The highest BCUT2D eigenvalue weighted by molar-refractivity contribution is 5.92. The average molecular weight is 378 g/mol. The molecule has 0 unspecified atom stereocenters. The summed E-state index contributed by atoms with van der Waals surface area (Å²) in [6, 6.07) is 6.52. The van der Waals surface area contributed by atoms with Crippen molar-refractivity contribution in [2.45, 2.75) is 26.4 Å². The summed E-state index contributed by atoms with van der Waals surface area (Å²) in [6.07, 6.45) is 0. The molecule has 27 heavy (non-hydrogen) atoms. The summed E-state index contributed by atoms with van der Waals surface area (Å²) >= 11 is 0. The monoisotopic (exact) mass is 378 g/mol.